The minimum Gasteiger partial charge on any atom is -0.494 e. The molecule has 1 aromatic carbocycles. The van der Waals surface area contributed by atoms with Gasteiger partial charge in [-0.25, -0.2) is 0 Å². The van der Waals surface area contributed by atoms with Crippen molar-refractivity contribution in [3.05, 3.63) is 17.7 Å². The first-order valence-corrected chi connectivity index (χ1v) is 6.89. The third-order valence-corrected chi connectivity index (χ3v) is 2.64. The van der Waals surface area contributed by atoms with Crippen LogP contribution in [0.1, 0.15) is 32.8 Å². The first-order valence-electron chi connectivity index (χ1n) is 6.89. The summed E-state index contributed by atoms with van der Waals surface area (Å²) >= 11 is 0. The molecular weight excluding hydrogens is 260 g/mol. The largest absolute Gasteiger partial charge is 0.494 e. The van der Waals surface area contributed by atoms with Gasteiger partial charge in [-0.15, -0.1) is 0 Å². The van der Waals surface area contributed by atoms with Crippen LogP contribution in [0.3, 0.4) is 0 Å². The highest BCUT2D eigenvalue weighted by Crippen LogP contribution is 2.35. The highest BCUT2D eigenvalue weighted by atomic mass is 16.5. The number of carboxylic acids is 1. The van der Waals surface area contributed by atoms with E-state index < -0.39 is 5.97 Å². The highest BCUT2D eigenvalue weighted by molar-refractivity contribution is 5.67. The van der Waals surface area contributed by atoms with Gasteiger partial charge in [-0.05, 0) is 27.2 Å². The van der Waals surface area contributed by atoms with Crippen LogP contribution in [-0.4, -0.2) is 30.9 Å². The Balaban J connectivity index is 3.14. The molecule has 5 heteroatoms. The van der Waals surface area contributed by atoms with E-state index in [-0.39, 0.29) is 6.42 Å². The van der Waals surface area contributed by atoms with Crippen LogP contribution in [0.25, 0.3) is 0 Å². The number of aliphatic carboxylic acids is 1. The van der Waals surface area contributed by atoms with Gasteiger partial charge in [0.25, 0.3) is 0 Å². The molecule has 1 N–H and O–H groups in total. The van der Waals surface area contributed by atoms with E-state index in [1.807, 2.05) is 20.8 Å². The van der Waals surface area contributed by atoms with E-state index in [1.165, 1.54) is 0 Å². The van der Waals surface area contributed by atoms with Crippen molar-refractivity contribution in [2.24, 2.45) is 0 Å². The molecule has 0 aliphatic rings. The zero-order chi connectivity index (χ0) is 15.0. The quantitative estimate of drug-likeness (QED) is 0.754. The molecule has 0 unspecified atom stereocenters. The Morgan fingerprint density at radius 2 is 1.50 bits per heavy atom. The molecule has 0 atom stereocenters. The molecule has 0 radical (unpaired) electrons. The second kappa shape index (κ2) is 8.30. The van der Waals surface area contributed by atoms with Crippen LogP contribution < -0.4 is 14.2 Å². The average Bonchev–Trinajstić information content (AvgIpc) is 2.38. The summed E-state index contributed by atoms with van der Waals surface area (Å²) in [6.45, 7) is 7.22. The van der Waals surface area contributed by atoms with Gasteiger partial charge < -0.3 is 19.3 Å². The SMILES string of the molecule is CCOc1cc(OCC)c(CCC(=O)O)c(OCC)c1. The van der Waals surface area contributed by atoms with E-state index in [0.29, 0.717) is 43.5 Å². The number of hydrogen-bond donors (Lipinski definition) is 1. The third kappa shape index (κ3) is 4.64. The van der Waals surface area contributed by atoms with Crippen molar-refractivity contribution in [3.8, 4) is 17.2 Å². The van der Waals surface area contributed by atoms with Crippen LogP contribution in [0.4, 0.5) is 0 Å². The summed E-state index contributed by atoms with van der Waals surface area (Å²) in [6.07, 6.45) is 0.403. The van der Waals surface area contributed by atoms with Crippen molar-refractivity contribution in [3.63, 3.8) is 0 Å². The molecule has 0 spiro atoms. The minimum absolute atomic E-state index is 0.0358. The number of carbonyl (C=O) groups is 1. The van der Waals surface area contributed by atoms with Crippen molar-refractivity contribution in [2.45, 2.75) is 33.6 Å². The van der Waals surface area contributed by atoms with Gasteiger partial charge in [0.15, 0.2) is 0 Å². The van der Waals surface area contributed by atoms with E-state index in [4.69, 9.17) is 19.3 Å². The molecule has 0 bridgehead atoms. The molecule has 0 saturated heterocycles. The van der Waals surface area contributed by atoms with Crippen molar-refractivity contribution in [1.29, 1.82) is 0 Å². The molecule has 0 saturated carbocycles. The Kier molecular flexibility index (Phi) is 6.70. The third-order valence-electron chi connectivity index (χ3n) is 2.64. The molecular formula is C15H22O5. The average molecular weight is 282 g/mol. The Morgan fingerprint density at radius 3 is 1.90 bits per heavy atom. The zero-order valence-electron chi connectivity index (χ0n) is 12.3. The maximum Gasteiger partial charge on any atom is 0.303 e. The fourth-order valence-electron chi connectivity index (χ4n) is 1.89. The first kappa shape index (κ1) is 16.1. The highest BCUT2D eigenvalue weighted by Gasteiger charge is 2.15. The zero-order valence-corrected chi connectivity index (χ0v) is 12.3. The van der Waals surface area contributed by atoms with E-state index in [0.717, 1.165) is 5.56 Å². The lowest BCUT2D eigenvalue weighted by molar-refractivity contribution is -0.136. The van der Waals surface area contributed by atoms with Crippen LogP contribution in [0.5, 0.6) is 17.2 Å². The van der Waals surface area contributed by atoms with E-state index in [1.54, 1.807) is 12.1 Å². The van der Waals surface area contributed by atoms with Crippen LogP contribution in [0, 0.1) is 0 Å². The normalized spacial score (nSPS) is 10.2. The lowest BCUT2D eigenvalue weighted by Crippen LogP contribution is -2.06. The van der Waals surface area contributed by atoms with E-state index in [9.17, 15) is 4.79 Å². The van der Waals surface area contributed by atoms with Gasteiger partial charge in [0.2, 0.25) is 0 Å². The summed E-state index contributed by atoms with van der Waals surface area (Å²) in [7, 11) is 0. The van der Waals surface area contributed by atoms with Crippen molar-refractivity contribution in [1.82, 2.24) is 0 Å². The number of hydrogen-bond acceptors (Lipinski definition) is 4. The molecule has 0 heterocycles. The van der Waals surface area contributed by atoms with Gasteiger partial charge in [-0.3, -0.25) is 4.79 Å². The van der Waals surface area contributed by atoms with Crippen LogP contribution in [0.2, 0.25) is 0 Å². The second-order valence-electron chi connectivity index (χ2n) is 4.09. The fourth-order valence-corrected chi connectivity index (χ4v) is 1.89. The van der Waals surface area contributed by atoms with Gasteiger partial charge in [-0.2, -0.15) is 0 Å². The molecule has 0 aromatic heterocycles. The topological polar surface area (TPSA) is 65.0 Å². The molecule has 112 valence electrons. The molecule has 0 aliphatic heterocycles. The lowest BCUT2D eigenvalue weighted by atomic mass is 10.1. The van der Waals surface area contributed by atoms with Gasteiger partial charge in [-0.1, -0.05) is 0 Å². The Labute approximate surface area is 119 Å². The van der Waals surface area contributed by atoms with Gasteiger partial charge in [0.1, 0.15) is 17.2 Å². The maximum atomic E-state index is 10.8. The predicted octanol–water partition coefficient (Wildman–Crippen LogP) is 2.90. The molecule has 0 amide bonds. The van der Waals surface area contributed by atoms with Gasteiger partial charge >= 0.3 is 5.97 Å². The maximum absolute atomic E-state index is 10.8. The van der Waals surface area contributed by atoms with Crippen molar-refractivity contribution < 1.29 is 24.1 Å². The summed E-state index contributed by atoms with van der Waals surface area (Å²) in [4.78, 5) is 10.8. The fraction of sp³-hybridized carbons (Fsp3) is 0.533. The number of carboxylic acid groups (broad SMARTS) is 1. The van der Waals surface area contributed by atoms with Gasteiger partial charge in [0, 0.05) is 24.1 Å². The standard InChI is InChI=1S/C15H22O5/c1-4-18-11-9-13(19-5-2)12(7-8-15(16)17)14(10-11)20-6-3/h9-10H,4-8H2,1-3H3,(H,16,17). The molecule has 1 aromatic rings. The van der Waals surface area contributed by atoms with Crippen LogP contribution >= 0.6 is 0 Å². The summed E-state index contributed by atoms with van der Waals surface area (Å²) in [5, 5.41) is 8.85. The molecule has 5 nitrogen and oxygen atoms in total. The first-order chi connectivity index (χ1) is 9.62. The van der Waals surface area contributed by atoms with E-state index in [2.05, 4.69) is 0 Å². The van der Waals surface area contributed by atoms with Crippen molar-refractivity contribution >= 4 is 5.97 Å². The summed E-state index contributed by atoms with van der Waals surface area (Å²) in [6, 6.07) is 3.57. The lowest BCUT2D eigenvalue weighted by Gasteiger charge is -2.17. The molecule has 0 fully saturated rings. The number of rotatable bonds is 9. The number of benzene rings is 1. The smallest absolute Gasteiger partial charge is 0.303 e. The number of ether oxygens (including phenoxy) is 3. The summed E-state index contributed by atoms with van der Waals surface area (Å²) in [5.74, 6) is 1.08. The minimum atomic E-state index is -0.844. The summed E-state index contributed by atoms with van der Waals surface area (Å²) in [5.41, 5.74) is 0.777. The summed E-state index contributed by atoms with van der Waals surface area (Å²) < 4.78 is 16.7. The van der Waals surface area contributed by atoms with Crippen molar-refractivity contribution in [2.75, 3.05) is 19.8 Å². The molecule has 0 aliphatic carbocycles. The monoisotopic (exact) mass is 282 g/mol. The Hall–Kier alpha value is -1.91. The Morgan fingerprint density at radius 1 is 1.00 bits per heavy atom. The van der Waals surface area contributed by atoms with E-state index >= 15 is 0 Å². The van der Waals surface area contributed by atoms with Crippen LogP contribution in [0.15, 0.2) is 12.1 Å². The second-order valence-corrected chi connectivity index (χ2v) is 4.09. The van der Waals surface area contributed by atoms with Gasteiger partial charge in [0.05, 0.1) is 19.8 Å². The van der Waals surface area contributed by atoms with Crippen LogP contribution in [-0.2, 0) is 11.2 Å². The molecule has 1 rings (SSSR count). The Bertz CT molecular complexity index is 415. The predicted molar refractivity (Wildman–Crippen MR) is 75.9 cm³/mol. The molecule has 20 heavy (non-hydrogen) atoms.